The van der Waals surface area contributed by atoms with Crippen LogP contribution in [0.25, 0.3) is 0 Å². The standard InChI is InChI=1S/C20H24N2O3S/c1-15(2)25-19-10-4-16(5-11-19)12-21-22-20(23)14-26-13-17-6-8-18(24-3)9-7-17/h4-12,15H,13-14H2,1-3H3,(H,22,23)/b21-12-. The predicted octanol–water partition coefficient (Wildman–Crippen LogP) is 3.87. The second-order valence-electron chi connectivity index (χ2n) is 5.87. The Morgan fingerprint density at radius 3 is 2.38 bits per heavy atom. The first-order chi connectivity index (χ1) is 12.6. The molecule has 0 fully saturated rings. The van der Waals surface area contributed by atoms with Crippen molar-refractivity contribution in [2.24, 2.45) is 5.10 Å². The second kappa shape index (κ2) is 10.5. The van der Waals surface area contributed by atoms with Crippen LogP contribution < -0.4 is 14.9 Å². The first kappa shape index (κ1) is 19.8. The summed E-state index contributed by atoms with van der Waals surface area (Å²) in [6, 6.07) is 15.4. The molecule has 0 aliphatic heterocycles. The lowest BCUT2D eigenvalue weighted by atomic mass is 10.2. The Morgan fingerprint density at radius 1 is 1.12 bits per heavy atom. The van der Waals surface area contributed by atoms with Crippen LogP contribution in [0.4, 0.5) is 0 Å². The van der Waals surface area contributed by atoms with Crippen LogP contribution in [0.3, 0.4) is 0 Å². The number of hydrazone groups is 1. The first-order valence-electron chi connectivity index (χ1n) is 8.36. The molecule has 2 aromatic rings. The number of methoxy groups -OCH3 is 1. The number of amides is 1. The summed E-state index contributed by atoms with van der Waals surface area (Å²) in [6.45, 7) is 3.97. The molecule has 0 saturated carbocycles. The summed E-state index contributed by atoms with van der Waals surface area (Å²) in [4.78, 5) is 11.8. The summed E-state index contributed by atoms with van der Waals surface area (Å²) in [6.07, 6.45) is 1.76. The molecule has 0 radical (unpaired) electrons. The normalized spacial score (nSPS) is 10.9. The summed E-state index contributed by atoms with van der Waals surface area (Å²) in [7, 11) is 1.64. The van der Waals surface area contributed by atoms with E-state index in [0.29, 0.717) is 5.75 Å². The molecule has 6 heteroatoms. The fraction of sp³-hybridized carbons (Fsp3) is 0.300. The lowest BCUT2D eigenvalue weighted by Crippen LogP contribution is -2.19. The van der Waals surface area contributed by atoms with Gasteiger partial charge in [-0.3, -0.25) is 4.79 Å². The molecule has 0 aliphatic rings. The van der Waals surface area contributed by atoms with Gasteiger partial charge in [0, 0.05) is 5.75 Å². The molecule has 26 heavy (non-hydrogen) atoms. The fourth-order valence-electron chi connectivity index (χ4n) is 2.10. The number of hydrogen-bond donors (Lipinski definition) is 1. The zero-order chi connectivity index (χ0) is 18.8. The lowest BCUT2D eigenvalue weighted by molar-refractivity contribution is -0.118. The molecule has 1 amide bonds. The highest BCUT2D eigenvalue weighted by Gasteiger charge is 2.01. The van der Waals surface area contributed by atoms with Gasteiger partial charge in [-0.1, -0.05) is 12.1 Å². The quantitative estimate of drug-likeness (QED) is 0.536. The van der Waals surface area contributed by atoms with Crippen molar-refractivity contribution in [2.75, 3.05) is 12.9 Å². The number of ether oxygens (including phenoxy) is 2. The van der Waals surface area contributed by atoms with Crippen LogP contribution in [0, 0.1) is 0 Å². The van der Waals surface area contributed by atoms with Crippen molar-refractivity contribution in [2.45, 2.75) is 25.7 Å². The van der Waals surface area contributed by atoms with Crippen LogP contribution in [-0.4, -0.2) is 31.1 Å². The Kier molecular flexibility index (Phi) is 8.02. The Balaban J connectivity index is 1.69. The van der Waals surface area contributed by atoms with Crippen molar-refractivity contribution in [3.05, 3.63) is 59.7 Å². The monoisotopic (exact) mass is 372 g/mol. The van der Waals surface area contributed by atoms with E-state index in [1.165, 1.54) is 11.8 Å². The largest absolute Gasteiger partial charge is 0.497 e. The van der Waals surface area contributed by atoms with Gasteiger partial charge in [0.2, 0.25) is 5.91 Å². The van der Waals surface area contributed by atoms with Gasteiger partial charge in [0.15, 0.2) is 0 Å². The van der Waals surface area contributed by atoms with Gasteiger partial charge in [0.25, 0.3) is 0 Å². The highest BCUT2D eigenvalue weighted by atomic mass is 32.2. The third-order valence-electron chi connectivity index (χ3n) is 3.32. The van der Waals surface area contributed by atoms with Crippen LogP contribution in [0.5, 0.6) is 11.5 Å². The third-order valence-corrected chi connectivity index (χ3v) is 4.32. The average molecular weight is 372 g/mol. The number of carbonyl (C=O) groups is 1. The van der Waals surface area contributed by atoms with E-state index in [1.54, 1.807) is 13.3 Å². The van der Waals surface area contributed by atoms with Crippen LogP contribution in [0.1, 0.15) is 25.0 Å². The number of hydrogen-bond acceptors (Lipinski definition) is 5. The lowest BCUT2D eigenvalue weighted by Gasteiger charge is -2.09. The maximum atomic E-state index is 11.8. The van der Waals surface area contributed by atoms with E-state index in [2.05, 4.69) is 10.5 Å². The zero-order valence-corrected chi connectivity index (χ0v) is 16.1. The highest BCUT2D eigenvalue weighted by molar-refractivity contribution is 7.99. The molecule has 2 aromatic carbocycles. The maximum Gasteiger partial charge on any atom is 0.250 e. The smallest absolute Gasteiger partial charge is 0.250 e. The molecule has 2 rings (SSSR count). The summed E-state index contributed by atoms with van der Waals surface area (Å²) in [5, 5.41) is 3.99. The number of nitrogens with zero attached hydrogens (tertiary/aromatic N) is 1. The molecule has 0 bridgehead atoms. The van der Waals surface area contributed by atoms with Gasteiger partial charge in [-0.25, -0.2) is 5.43 Å². The summed E-state index contributed by atoms with van der Waals surface area (Å²) in [5.41, 5.74) is 4.59. The first-order valence-corrected chi connectivity index (χ1v) is 9.51. The maximum absolute atomic E-state index is 11.8. The minimum atomic E-state index is -0.125. The van der Waals surface area contributed by atoms with Gasteiger partial charge in [0.1, 0.15) is 11.5 Å². The zero-order valence-electron chi connectivity index (χ0n) is 15.3. The molecule has 0 aromatic heterocycles. The number of carbonyl (C=O) groups excluding carboxylic acids is 1. The van der Waals surface area contributed by atoms with E-state index in [0.717, 1.165) is 28.4 Å². The van der Waals surface area contributed by atoms with E-state index >= 15 is 0 Å². The van der Waals surface area contributed by atoms with Crippen LogP contribution in [-0.2, 0) is 10.5 Å². The Bertz CT molecular complexity index is 713. The van der Waals surface area contributed by atoms with Crippen LogP contribution in [0.2, 0.25) is 0 Å². The van der Waals surface area contributed by atoms with E-state index in [4.69, 9.17) is 9.47 Å². The molecule has 0 spiro atoms. The van der Waals surface area contributed by atoms with E-state index in [1.807, 2.05) is 62.4 Å². The summed E-state index contributed by atoms with van der Waals surface area (Å²) >= 11 is 1.54. The van der Waals surface area contributed by atoms with E-state index in [-0.39, 0.29) is 12.0 Å². The number of nitrogens with one attached hydrogen (secondary N) is 1. The minimum absolute atomic E-state index is 0.125. The van der Waals surface area contributed by atoms with Crippen molar-refractivity contribution in [1.29, 1.82) is 0 Å². The highest BCUT2D eigenvalue weighted by Crippen LogP contribution is 2.16. The van der Waals surface area contributed by atoms with Crippen molar-refractivity contribution in [1.82, 2.24) is 5.43 Å². The molecule has 0 saturated heterocycles. The van der Waals surface area contributed by atoms with Crippen LogP contribution >= 0.6 is 11.8 Å². The molecule has 1 N–H and O–H groups in total. The number of thioether (sulfide) groups is 1. The van der Waals surface area contributed by atoms with E-state index in [9.17, 15) is 4.79 Å². The number of benzene rings is 2. The van der Waals surface area contributed by atoms with Crippen molar-refractivity contribution < 1.29 is 14.3 Å². The molecule has 0 aliphatic carbocycles. The van der Waals surface area contributed by atoms with Gasteiger partial charge in [-0.15, -0.1) is 11.8 Å². The number of rotatable bonds is 9. The molecule has 0 atom stereocenters. The van der Waals surface area contributed by atoms with Gasteiger partial charge in [-0.2, -0.15) is 5.10 Å². The SMILES string of the molecule is COc1ccc(CSCC(=O)N/N=C\c2ccc(OC(C)C)cc2)cc1. The molecule has 5 nitrogen and oxygen atoms in total. The average Bonchev–Trinajstić information content (AvgIpc) is 2.63. The summed E-state index contributed by atoms with van der Waals surface area (Å²) in [5.74, 6) is 2.63. The van der Waals surface area contributed by atoms with Gasteiger partial charge in [0.05, 0.1) is 25.2 Å². The summed E-state index contributed by atoms with van der Waals surface area (Å²) < 4.78 is 10.7. The Hall–Kier alpha value is -2.47. The van der Waals surface area contributed by atoms with Crippen LogP contribution in [0.15, 0.2) is 53.6 Å². The van der Waals surface area contributed by atoms with Crippen molar-refractivity contribution in [3.63, 3.8) is 0 Å². The Labute approximate surface area is 158 Å². The second-order valence-corrected chi connectivity index (χ2v) is 6.86. The Morgan fingerprint density at radius 2 is 1.77 bits per heavy atom. The van der Waals surface area contributed by atoms with Gasteiger partial charge >= 0.3 is 0 Å². The van der Waals surface area contributed by atoms with Gasteiger partial charge in [-0.05, 0) is 61.4 Å². The van der Waals surface area contributed by atoms with Gasteiger partial charge < -0.3 is 9.47 Å². The van der Waals surface area contributed by atoms with E-state index < -0.39 is 0 Å². The topological polar surface area (TPSA) is 59.9 Å². The molecule has 0 unspecified atom stereocenters. The fourth-order valence-corrected chi connectivity index (χ4v) is 2.88. The van der Waals surface area contributed by atoms with Crippen molar-refractivity contribution >= 4 is 23.9 Å². The molecular formula is C20H24N2O3S. The molecule has 138 valence electrons. The molecular weight excluding hydrogens is 348 g/mol. The van der Waals surface area contributed by atoms with Crippen molar-refractivity contribution in [3.8, 4) is 11.5 Å². The minimum Gasteiger partial charge on any atom is -0.497 e. The third kappa shape index (κ3) is 7.19. The molecule has 0 heterocycles. The predicted molar refractivity (Wildman–Crippen MR) is 107 cm³/mol.